The van der Waals surface area contributed by atoms with E-state index in [9.17, 15) is 28.8 Å². The van der Waals surface area contributed by atoms with Crippen LogP contribution < -0.4 is 27.4 Å². The fraction of sp³-hybridized carbons (Fsp3) is 0.700. The van der Waals surface area contributed by atoms with Crippen LogP contribution in [-0.2, 0) is 28.8 Å². The van der Waals surface area contributed by atoms with Gasteiger partial charge in [0.15, 0.2) is 0 Å². The summed E-state index contributed by atoms with van der Waals surface area (Å²) >= 11 is 0. The van der Waals surface area contributed by atoms with Gasteiger partial charge in [0.25, 0.3) is 0 Å². The standard InChI is InChI=1S/C20H35N5O9/c1-10(2)3-4-11(22)17(30)23-12(5-6-15(26)27)18(31)24-13(7-8-21)19(32)25-14(20(33)34)9-16(28)29/h10-14H,3-9,21-22H2,1-2H3,(H,23,30)(H,24,31)(H,25,32)(H,26,27)(H,28,29)(H,33,34)/t11-,12-,13-,14-/m0/s1. The molecule has 0 aliphatic carbocycles. The SMILES string of the molecule is CC(C)CC[C@H](N)C(=O)N[C@@H](CCC(=O)O)C(=O)N[C@@H](CCN)C(=O)N[C@@H](CC(=O)O)C(=O)O. The molecule has 0 radical (unpaired) electrons. The highest BCUT2D eigenvalue weighted by atomic mass is 16.4. The second-order valence-electron chi connectivity index (χ2n) is 8.21. The molecule has 0 saturated carbocycles. The number of aliphatic carboxylic acids is 3. The summed E-state index contributed by atoms with van der Waals surface area (Å²) in [4.78, 5) is 70.7. The zero-order valence-electron chi connectivity index (χ0n) is 19.3. The largest absolute Gasteiger partial charge is 0.481 e. The third kappa shape index (κ3) is 12.7. The van der Waals surface area contributed by atoms with Crippen LogP contribution in [0.1, 0.15) is 52.4 Å². The first-order chi connectivity index (χ1) is 15.8. The quantitative estimate of drug-likeness (QED) is 0.111. The Labute approximate surface area is 196 Å². The molecule has 194 valence electrons. The van der Waals surface area contributed by atoms with E-state index in [1.54, 1.807) is 0 Å². The molecule has 0 aromatic carbocycles. The number of carboxylic acid groups (broad SMARTS) is 3. The molecule has 0 aromatic heterocycles. The van der Waals surface area contributed by atoms with Crippen molar-refractivity contribution < 1.29 is 44.1 Å². The highest BCUT2D eigenvalue weighted by molar-refractivity contribution is 5.94. The first-order valence-corrected chi connectivity index (χ1v) is 10.8. The van der Waals surface area contributed by atoms with Gasteiger partial charge in [0.2, 0.25) is 17.7 Å². The van der Waals surface area contributed by atoms with Gasteiger partial charge < -0.3 is 42.7 Å². The fourth-order valence-electron chi connectivity index (χ4n) is 2.81. The molecule has 0 fully saturated rings. The molecule has 0 heterocycles. The molecule has 0 aliphatic rings. The van der Waals surface area contributed by atoms with Crippen molar-refractivity contribution in [2.75, 3.05) is 6.54 Å². The number of hydrogen-bond acceptors (Lipinski definition) is 8. The first-order valence-electron chi connectivity index (χ1n) is 10.8. The molecule has 0 aromatic rings. The van der Waals surface area contributed by atoms with Gasteiger partial charge in [0.1, 0.15) is 18.1 Å². The van der Waals surface area contributed by atoms with Crippen LogP contribution in [0.25, 0.3) is 0 Å². The predicted octanol–water partition coefficient (Wildman–Crippen LogP) is -2.02. The second kappa shape index (κ2) is 15.6. The summed E-state index contributed by atoms with van der Waals surface area (Å²) in [6.45, 7) is 3.80. The topological polar surface area (TPSA) is 251 Å². The number of carbonyl (C=O) groups excluding carboxylic acids is 3. The van der Waals surface area contributed by atoms with Gasteiger partial charge in [0.05, 0.1) is 12.5 Å². The predicted molar refractivity (Wildman–Crippen MR) is 118 cm³/mol. The van der Waals surface area contributed by atoms with Crippen LogP contribution in [-0.4, -0.2) is 81.7 Å². The first kappa shape index (κ1) is 30.7. The van der Waals surface area contributed by atoms with Gasteiger partial charge in [-0.2, -0.15) is 0 Å². The van der Waals surface area contributed by atoms with Crippen LogP contribution in [0.5, 0.6) is 0 Å². The highest BCUT2D eigenvalue weighted by Crippen LogP contribution is 2.07. The van der Waals surface area contributed by atoms with E-state index in [4.69, 9.17) is 26.8 Å². The van der Waals surface area contributed by atoms with Gasteiger partial charge in [-0.3, -0.25) is 24.0 Å². The summed E-state index contributed by atoms with van der Waals surface area (Å²) in [6, 6.07) is -5.37. The molecule has 0 bridgehead atoms. The lowest BCUT2D eigenvalue weighted by molar-refractivity contribution is -0.147. The minimum Gasteiger partial charge on any atom is -0.481 e. The molecular formula is C20H35N5O9. The molecule has 4 atom stereocenters. The molecule has 14 heteroatoms. The van der Waals surface area contributed by atoms with Gasteiger partial charge in [0, 0.05) is 6.42 Å². The summed E-state index contributed by atoms with van der Waals surface area (Å²) in [5.74, 6) is -6.54. The van der Waals surface area contributed by atoms with E-state index in [1.807, 2.05) is 19.2 Å². The van der Waals surface area contributed by atoms with E-state index in [2.05, 4.69) is 10.6 Å². The van der Waals surface area contributed by atoms with Gasteiger partial charge in [-0.1, -0.05) is 13.8 Å². The van der Waals surface area contributed by atoms with Crippen molar-refractivity contribution >= 4 is 35.6 Å². The van der Waals surface area contributed by atoms with Crippen molar-refractivity contribution in [1.82, 2.24) is 16.0 Å². The van der Waals surface area contributed by atoms with Gasteiger partial charge in [-0.15, -0.1) is 0 Å². The summed E-state index contributed by atoms with van der Waals surface area (Å²) in [5, 5.41) is 33.6. The minimum absolute atomic E-state index is 0.0960. The summed E-state index contributed by atoms with van der Waals surface area (Å²) in [5.41, 5.74) is 11.3. The molecule has 0 spiro atoms. The molecule has 3 amide bonds. The Morgan fingerprint density at radius 3 is 1.65 bits per heavy atom. The molecule has 0 unspecified atom stereocenters. The van der Waals surface area contributed by atoms with E-state index in [0.717, 1.165) is 0 Å². The molecule has 10 N–H and O–H groups in total. The van der Waals surface area contributed by atoms with E-state index >= 15 is 0 Å². The smallest absolute Gasteiger partial charge is 0.326 e. The Hall–Kier alpha value is -3.26. The normalized spacial score (nSPS) is 14.4. The van der Waals surface area contributed by atoms with Crippen LogP contribution in [0.3, 0.4) is 0 Å². The van der Waals surface area contributed by atoms with Crippen LogP contribution in [0.2, 0.25) is 0 Å². The molecule has 0 aliphatic heterocycles. The average molecular weight is 490 g/mol. The number of nitrogens with two attached hydrogens (primary N) is 2. The average Bonchev–Trinajstić information content (AvgIpc) is 2.72. The Bertz CT molecular complexity index is 744. The number of rotatable bonds is 17. The van der Waals surface area contributed by atoms with Gasteiger partial charge >= 0.3 is 17.9 Å². The third-order valence-electron chi connectivity index (χ3n) is 4.75. The zero-order chi connectivity index (χ0) is 26.4. The maximum atomic E-state index is 12.8. The van der Waals surface area contributed by atoms with Crippen molar-refractivity contribution in [1.29, 1.82) is 0 Å². The number of amides is 3. The van der Waals surface area contributed by atoms with Crippen molar-refractivity contribution in [2.45, 2.75) is 76.5 Å². The van der Waals surface area contributed by atoms with Crippen molar-refractivity contribution in [3.05, 3.63) is 0 Å². The summed E-state index contributed by atoms with van der Waals surface area (Å²) in [6.07, 6.45) is -0.791. The van der Waals surface area contributed by atoms with E-state index in [1.165, 1.54) is 0 Å². The molecular weight excluding hydrogens is 454 g/mol. The number of carbonyl (C=O) groups is 6. The third-order valence-corrected chi connectivity index (χ3v) is 4.75. The highest BCUT2D eigenvalue weighted by Gasteiger charge is 2.31. The Morgan fingerprint density at radius 2 is 1.21 bits per heavy atom. The Morgan fingerprint density at radius 1 is 0.706 bits per heavy atom. The molecule has 14 nitrogen and oxygen atoms in total. The Balaban J connectivity index is 5.42. The van der Waals surface area contributed by atoms with Crippen LogP contribution in [0.4, 0.5) is 0 Å². The summed E-state index contributed by atoms with van der Waals surface area (Å²) < 4.78 is 0. The van der Waals surface area contributed by atoms with Crippen molar-refractivity contribution in [2.24, 2.45) is 17.4 Å². The number of carboxylic acids is 3. The summed E-state index contributed by atoms with van der Waals surface area (Å²) in [7, 11) is 0. The molecule has 0 rings (SSSR count). The lowest BCUT2D eigenvalue weighted by atomic mass is 10.0. The second-order valence-corrected chi connectivity index (χ2v) is 8.21. The fourth-order valence-corrected chi connectivity index (χ4v) is 2.81. The van der Waals surface area contributed by atoms with E-state index in [-0.39, 0.29) is 25.3 Å². The lowest BCUT2D eigenvalue weighted by Gasteiger charge is -2.24. The zero-order valence-corrected chi connectivity index (χ0v) is 19.3. The lowest BCUT2D eigenvalue weighted by Crippen LogP contribution is -2.57. The van der Waals surface area contributed by atoms with Crippen molar-refractivity contribution in [3.63, 3.8) is 0 Å². The number of nitrogens with one attached hydrogen (secondary N) is 3. The van der Waals surface area contributed by atoms with Gasteiger partial charge in [-0.05, 0) is 38.1 Å². The van der Waals surface area contributed by atoms with Gasteiger partial charge in [-0.25, -0.2) is 4.79 Å². The van der Waals surface area contributed by atoms with E-state index < -0.39 is 72.6 Å². The monoisotopic (exact) mass is 489 g/mol. The van der Waals surface area contributed by atoms with Crippen LogP contribution in [0.15, 0.2) is 0 Å². The Kier molecular flexibility index (Phi) is 14.1. The van der Waals surface area contributed by atoms with Crippen LogP contribution >= 0.6 is 0 Å². The van der Waals surface area contributed by atoms with Crippen molar-refractivity contribution in [3.8, 4) is 0 Å². The van der Waals surface area contributed by atoms with E-state index in [0.29, 0.717) is 12.8 Å². The maximum absolute atomic E-state index is 12.8. The molecule has 0 saturated heterocycles. The number of hydrogen-bond donors (Lipinski definition) is 8. The van der Waals surface area contributed by atoms with Crippen LogP contribution in [0, 0.1) is 5.92 Å². The maximum Gasteiger partial charge on any atom is 0.326 e. The molecule has 34 heavy (non-hydrogen) atoms. The minimum atomic E-state index is -1.75.